The highest BCUT2D eigenvalue weighted by Crippen LogP contribution is 2.18. The van der Waals surface area contributed by atoms with Gasteiger partial charge in [-0.3, -0.25) is 4.79 Å². The molecule has 19 heavy (non-hydrogen) atoms. The van der Waals surface area contributed by atoms with Crippen LogP contribution in [-0.2, 0) is 0 Å². The summed E-state index contributed by atoms with van der Waals surface area (Å²) in [5.41, 5.74) is -0.0486. The van der Waals surface area contributed by atoms with Crippen LogP contribution in [0.4, 0.5) is 4.39 Å². The smallest absolute Gasteiger partial charge is 0.210 e. The van der Waals surface area contributed by atoms with Gasteiger partial charge in [0.15, 0.2) is 6.61 Å². The molecular formula is C14H10FNO2S. The molecule has 0 bridgehead atoms. The Labute approximate surface area is 113 Å². The number of carbonyl (C=O) groups is 1. The number of benzene rings is 1. The predicted molar refractivity (Wildman–Crippen MR) is 70.0 cm³/mol. The summed E-state index contributed by atoms with van der Waals surface area (Å²) in [6, 6.07) is 9.22. The Morgan fingerprint density at radius 1 is 1.42 bits per heavy atom. The molecule has 0 atom stereocenters. The van der Waals surface area contributed by atoms with Gasteiger partial charge in [-0.2, -0.15) is 5.26 Å². The van der Waals surface area contributed by atoms with Crippen LogP contribution in [0.1, 0.15) is 20.1 Å². The maximum Gasteiger partial charge on any atom is 0.210 e. The second kappa shape index (κ2) is 5.63. The number of hydrogen-bond acceptors (Lipinski definition) is 4. The number of nitrogens with zero attached hydrogens (tertiary/aromatic N) is 1. The van der Waals surface area contributed by atoms with Crippen molar-refractivity contribution in [1.82, 2.24) is 0 Å². The standard InChI is InChI=1S/C14H10FNO2S/c1-9-2-5-14(19-9)13(17)8-18-11-4-3-10(7-16)12(15)6-11/h2-6H,8H2,1H3. The van der Waals surface area contributed by atoms with Crippen molar-refractivity contribution in [3.8, 4) is 11.8 Å². The maximum atomic E-state index is 13.3. The van der Waals surface area contributed by atoms with Gasteiger partial charge in [0.05, 0.1) is 10.4 Å². The SMILES string of the molecule is Cc1ccc(C(=O)COc2ccc(C#N)c(F)c2)s1. The predicted octanol–water partition coefficient (Wildman–Crippen LogP) is 3.33. The molecule has 0 aliphatic rings. The summed E-state index contributed by atoms with van der Waals surface area (Å²) in [6.45, 7) is 1.77. The van der Waals surface area contributed by atoms with Gasteiger partial charge in [-0.25, -0.2) is 4.39 Å². The van der Waals surface area contributed by atoms with E-state index in [1.165, 1.54) is 23.5 Å². The third-order valence-corrected chi connectivity index (χ3v) is 3.49. The number of Topliss-reactive ketones (excluding diaryl/α,β-unsaturated/α-hetero) is 1. The van der Waals surface area contributed by atoms with E-state index < -0.39 is 5.82 Å². The van der Waals surface area contributed by atoms with Crippen LogP contribution in [0, 0.1) is 24.1 Å². The molecule has 1 aromatic carbocycles. The van der Waals surface area contributed by atoms with Crippen molar-refractivity contribution in [2.24, 2.45) is 0 Å². The lowest BCUT2D eigenvalue weighted by Gasteiger charge is -2.05. The van der Waals surface area contributed by atoms with E-state index in [0.29, 0.717) is 4.88 Å². The minimum absolute atomic E-state index is 0.0486. The first-order valence-corrected chi connectivity index (χ1v) is 6.34. The summed E-state index contributed by atoms with van der Waals surface area (Å²) in [4.78, 5) is 13.4. The van der Waals surface area contributed by atoms with Crippen LogP contribution < -0.4 is 4.74 Å². The summed E-state index contributed by atoms with van der Waals surface area (Å²) in [5.74, 6) is -0.569. The number of hydrogen-bond donors (Lipinski definition) is 0. The molecule has 0 aliphatic heterocycles. The van der Waals surface area contributed by atoms with Gasteiger partial charge < -0.3 is 4.74 Å². The summed E-state index contributed by atoms with van der Waals surface area (Å²) in [6.07, 6.45) is 0. The monoisotopic (exact) mass is 275 g/mol. The summed E-state index contributed by atoms with van der Waals surface area (Å²) in [7, 11) is 0. The molecule has 0 aliphatic carbocycles. The Hall–Kier alpha value is -2.19. The summed E-state index contributed by atoms with van der Waals surface area (Å²) >= 11 is 1.39. The fourth-order valence-electron chi connectivity index (χ4n) is 1.48. The van der Waals surface area contributed by atoms with Gasteiger partial charge in [0, 0.05) is 10.9 Å². The van der Waals surface area contributed by atoms with Crippen LogP contribution in [0.2, 0.25) is 0 Å². The Morgan fingerprint density at radius 2 is 2.21 bits per heavy atom. The number of rotatable bonds is 4. The number of nitriles is 1. The molecule has 0 saturated heterocycles. The Morgan fingerprint density at radius 3 is 2.79 bits per heavy atom. The normalized spacial score (nSPS) is 9.95. The lowest BCUT2D eigenvalue weighted by molar-refractivity contribution is 0.0925. The van der Waals surface area contributed by atoms with E-state index in [9.17, 15) is 9.18 Å². The molecule has 2 aromatic rings. The molecule has 5 heteroatoms. The van der Waals surface area contributed by atoms with Crippen LogP contribution in [0.25, 0.3) is 0 Å². The van der Waals surface area contributed by atoms with E-state index in [-0.39, 0.29) is 23.7 Å². The quantitative estimate of drug-likeness (QED) is 0.804. The minimum Gasteiger partial charge on any atom is -0.485 e. The van der Waals surface area contributed by atoms with Gasteiger partial charge in [-0.05, 0) is 31.2 Å². The molecule has 0 spiro atoms. The zero-order valence-corrected chi connectivity index (χ0v) is 11.0. The van der Waals surface area contributed by atoms with Crippen LogP contribution >= 0.6 is 11.3 Å². The van der Waals surface area contributed by atoms with Crippen LogP contribution in [0.3, 0.4) is 0 Å². The average molecular weight is 275 g/mol. The highest BCUT2D eigenvalue weighted by molar-refractivity contribution is 7.14. The molecular weight excluding hydrogens is 265 g/mol. The van der Waals surface area contributed by atoms with E-state index in [1.54, 1.807) is 12.1 Å². The van der Waals surface area contributed by atoms with E-state index in [1.807, 2.05) is 13.0 Å². The number of thiophene rings is 1. The third-order valence-electron chi connectivity index (χ3n) is 2.45. The number of halogens is 1. The first kappa shape index (κ1) is 13.2. The van der Waals surface area contributed by atoms with Crippen LogP contribution in [0.15, 0.2) is 30.3 Å². The molecule has 96 valence electrons. The van der Waals surface area contributed by atoms with E-state index in [2.05, 4.69) is 0 Å². The number of ketones is 1. The van der Waals surface area contributed by atoms with Gasteiger partial charge in [-0.1, -0.05) is 0 Å². The zero-order valence-electron chi connectivity index (χ0n) is 10.1. The zero-order chi connectivity index (χ0) is 13.8. The third kappa shape index (κ3) is 3.18. The summed E-state index contributed by atoms with van der Waals surface area (Å²) < 4.78 is 18.5. The molecule has 1 heterocycles. The van der Waals surface area contributed by atoms with Crippen LogP contribution in [-0.4, -0.2) is 12.4 Å². The topological polar surface area (TPSA) is 50.1 Å². The highest BCUT2D eigenvalue weighted by Gasteiger charge is 2.10. The molecule has 0 N–H and O–H groups in total. The average Bonchev–Trinajstić information content (AvgIpc) is 2.83. The molecule has 3 nitrogen and oxygen atoms in total. The van der Waals surface area contributed by atoms with Gasteiger partial charge in [0.1, 0.15) is 17.6 Å². The Bertz CT molecular complexity index is 658. The number of ether oxygens (including phenoxy) is 1. The first-order chi connectivity index (χ1) is 9.10. The second-order valence-corrected chi connectivity index (χ2v) is 5.16. The van der Waals surface area contributed by atoms with Gasteiger partial charge in [0.2, 0.25) is 5.78 Å². The maximum absolute atomic E-state index is 13.3. The van der Waals surface area contributed by atoms with Gasteiger partial charge >= 0.3 is 0 Å². The van der Waals surface area contributed by atoms with Gasteiger partial charge in [-0.15, -0.1) is 11.3 Å². The molecule has 0 unspecified atom stereocenters. The van der Waals surface area contributed by atoms with E-state index in [4.69, 9.17) is 10.00 Å². The van der Waals surface area contributed by atoms with Crippen molar-refractivity contribution in [2.75, 3.05) is 6.61 Å². The Balaban J connectivity index is 2.01. The molecule has 0 amide bonds. The summed E-state index contributed by atoms with van der Waals surface area (Å²) in [5, 5.41) is 8.59. The van der Waals surface area contributed by atoms with Crippen molar-refractivity contribution in [3.63, 3.8) is 0 Å². The van der Waals surface area contributed by atoms with Crippen molar-refractivity contribution in [1.29, 1.82) is 5.26 Å². The van der Waals surface area contributed by atoms with E-state index in [0.717, 1.165) is 10.9 Å². The minimum atomic E-state index is -0.653. The Kier molecular flexibility index (Phi) is 3.93. The number of aryl methyl sites for hydroxylation is 1. The lowest BCUT2D eigenvalue weighted by Crippen LogP contribution is -2.10. The van der Waals surface area contributed by atoms with Crippen molar-refractivity contribution in [2.45, 2.75) is 6.92 Å². The first-order valence-electron chi connectivity index (χ1n) is 5.52. The fourth-order valence-corrected chi connectivity index (χ4v) is 2.27. The molecule has 0 saturated carbocycles. The van der Waals surface area contributed by atoms with Crippen molar-refractivity contribution >= 4 is 17.1 Å². The van der Waals surface area contributed by atoms with Crippen molar-refractivity contribution < 1.29 is 13.9 Å². The highest BCUT2D eigenvalue weighted by atomic mass is 32.1. The molecule has 2 rings (SSSR count). The van der Waals surface area contributed by atoms with Crippen LogP contribution in [0.5, 0.6) is 5.75 Å². The second-order valence-electron chi connectivity index (χ2n) is 3.88. The lowest BCUT2D eigenvalue weighted by atomic mass is 10.2. The fraction of sp³-hybridized carbons (Fsp3) is 0.143. The molecule has 0 fully saturated rings. The van der Waals surface area contributed by atoms with Crippen molar-refractivity contribution in [3.05, 3.63) is 51.5 Å². The molecule has 1 aromatic heterocycles. The van der Waals surface area contributed by atoms with Gasteiger partial charge in [0.25, 0.3) is 0 Å². The number of carbonyl (C=O) groups excluding carboxylic acids is 1. The largest absolute Gasteiger partial charge is 0.485 e. The van der Waals surface area contributed by atoms with E-state index >= 15 is 0 Å². The molecule has 0 radical (unpaired) electrons.